The number of nitrogens with one attached hydrogen (secondary N) is 1. The molecule has 0 aromatic heterocycles. The van der Waals surface area contributed by atoms with Gasteiger partial charge in [0, 0.05) is 26.7 Å². The average molecular weight is 253 g/mol. The summed E-state index contributed by atoms with van der Waals surface area (Å²) in [5, 5.41) is 0. The molecule has 7 heteroatoms. The van der Waals surface area contributed by atoms with Crippen LogP contribution in [-0.2, 0) is 24.3 Å². The molecule has 0 aliphatic carbocycles. The Balaban J connectivity index is 3.66. The molecular weight excluding hydrogens is 234 g/mol. The summed E-state index contributed by atoms with van der Waals surface area (Å²) in [5.41, 5.74) is 0. The van der Waals surface area contributed by atoms with Gasteiger partial charge in [-0.2, -0.15) is 0 Å². The molecule has 0 aliphatic rings. The Morgan fingerprint density at radius 2 is 1.94 bits per heavy atom. The monoisotopic (exact) mass is 253 g/mol. The Kier molecular flexibility index (Phi) is 8.14. The third-order valence-electron chi connectivity index (χ3n) is 1.87. The highest BCUT2D eigenvalue weighted by molar-refractivity contribution is 7.89. The SMILES string of the molecule is COCCCNS(=O)(=O)CCCC(=O)OC. The molecule has 0 saturated carbocycles. The van der Waals surface area contributed by atoms with Gasteiger partial charge in [0.15, 0.2) is 0 Å². The largest absolute Gasteiger partial charge is 0.469 e. The van der Waals surface area contributed by atoms with Crippen molar-refractivity contribution in [3.05, 3.63) is 0 Å². The van der Waals surface area contributed by atoms with Crippen molar-refractivity contribution in [1.29, 1.82) is 0 Å². The van der Waals surface area contributed by atoms with Gasteiger partial charge >= 0.3 is 5.97 Å². The van der Waals surface area contributed by atoms with Gasteiger partial charge in [0.05, 0.1) is 12.9 Å². The van der Waals surface area contributed by atoms with Crippen molar-refractivity contribution in [1.82, 2.24) is 4.72 Å². The highest BCUT2D eigenvalue weighted by Gasteiger charge is 2.10. The number of rotatable bonds is 9. The third kappa shape index (κ3) is 8.63. The van der Waals surface area contributed by atoms with E-state index in [4.69, 9.17) is 4.74 Å². The van der Waals surface area contributed by atoms with Gasteiger partial charge in [0.25, 0.3) is 0 Å². The van der Waals surface area contributed by atoms with Crippen molar-refractivity contribution in [2.45, 2.75) is 19.3 Å². The standard InChI is InChI=1S/C9H19NO5S/c1-14-7-4-6-10-16(12,13)8-3-5-9(11)15-2/h10H,3-8H2,1-2H3. The van der Waals surface area contributed by atoms with Crippen LogP contribution in [-0.4, -0.2) is 47.5 Å². The molecule has 16 heavy (non-hydrogen) atoms. The molecule has 0 amide bonds. The van der Waals surface area contributed by atoms with Crippen LogP contribution in [0.2, 0.25) is 0 Å². The molecule has 0 heterocycles. The van der Waals surface area contributed by atoms with E-state index < -0.39 is 16.0 Å². The predicted molar refractivity (Wildman–Crippen MR) is 59.5 cm³/mol. The molecule has 0 aliphatic heterocycles. The van der Waals surface area contributed by atoms with Gasteiger partial charge in [-0.05, 0) is 12.8 Å². The topological polar surface area (TPSA) is 81.7 Å². The fourth-order valence-corrected chi connectivity index (χ4v) is 2.15. The van der Waals surface area contributed by atoms with Gasteiger partial charge in [0.2, 0.25) is 10.0 Å². The van der Waals surface area contributed by atoms with E-state index in [-0.39, 0.29) is 18.6 Å². The van der Waals surface area contributed by atoms with Crippen LogP contribution < -0.4 is 4.72 Å². The van der Waals surface area contributed by atoms with E-state index in [0.717, 1.165) is 0 Å². The first-order valence-corrected chi connectivity index (χ1v) is 6.70. The zero-order valence-electron chi connectivity index (χ0n) is 9.69. The zero-order valence-corrected chi connectivity index (χ0v) is 10.5. The van der Waals surface area contributed by atoms with Crippen LogP contribution in [0.25, 0.3) is 0 Å². The Bertz CT molecular complexity index is 288. The average Bonchev–Trinajstić information content (AvgIpc) is 2.24. The maximum absolute atomic E-state index is 11.4. The number of methoxy groups -OCH3 is 2. The molecule has 0 fully saturated rings. The smallest absolute Gasteiger partial charge is 0.305 e. The summed E-state index contributed by atoms with van der Waals surface area (Å²) in [6.07, 6.45) is 1.02. The lowest BCUT2D eigenvalue weighted by atomic mass is 10.3. The van der Waals surface area contributed by atoms with E-state index in [1.54, 1.807) is 7.11 Å². The minimum atomic E-state index is -3.28. The van der Waals surface area contributed by atoms with Gasteiger partial charge in [-0.1, -0.05) is 0 Å². The van der Waals surface area contributed by atoms with Crippen molar-refractivity contribution in [2.24, 2.45) is 0 Å². The molecule has 0 rings (SSSR count). The van der Waals surface area contributed by atoms with Crippen LogP contribution in [0.15, 0.2) is 0 Å². The van der Waals surface area contributed by atoms with Gasteiger partial charge in [-0.25, -0.2) is 13.1 Å². The summed E-state index contributed by atoms with van der Waals surface area (Å²) >= 11 is 0. The van der Waals surface area contributed by atoms with Gasteiger partial charge in [0.1, 0.15) is 0 Å². The molecule has 0 spiro atoms. The van der Waals surface area contributed by atoms with E-state index in [2.05, 4.69) is 9.46 Å². The molecule has 0 radical (unpaired) electrons. The van der Waals surface area contributed by atoms with Crippen molar-refractivity contribution in [3.63, 3.8) is 0 Å². The summed E-state index contributed by atoms with van der Waals surface area (Å²) in [6.45, 7) is 0.874. The van der Waals surface area contributed by atoms with E-state index in [1.165, 1.54) is 7.11 Å². The highest BCUT2D eigenvalue weighted by Crippen LogP contribution is 1.96. The fourth-order valence-electron chi connectivity index (χ4n) is 1.02. The molecule has 6 nitrogen and oxygen atoms in total. The number of sulfonamides is 1. The minimum Gasteiger partial charge on any atom is -0.469 e. The van der Waals surface area contributed by atoms with Crippen molar-refractivity contribution < 1.29 is 22.7 Å². The Labute approximate surface area is 96.4 Å². The molecular formula is C9H19NO5S. The molecule has 0 aromatic rings. The maximum Gasteiger partial charge on any atom is 0.305 e. The second-order valence-corrected chi connectivity index (χ2v) is 5.17. The van der Waals surface area contributed by atoms with Crippen molar-refractivity contribution >= 4 is 16.0 Å². The van der Waals surface area contributed by atoms with Crippen LogP contribution in [0.3, 0.4) is 0 Å². The van der Waals surface area contributed by atoms with Crippen molar-refractivity contribution in [3.8, 4) is 0 Å². The minimum absolute atomic E-state index is 0.0604. The first kappa shape index (κ1) is 15.3. The lowest BCUT2D eigenvalue weighted by Crippen LogP contribution is -2.28. The predicted octanol–water partition coefficient (Wildman–Crippen LogP) is -0.104. The van der Waals surface area contributed by atoms with Crippen LogP contribution in [0.4, 0.5) is 0 Å². The normalized spacial score (nSPS) is 11.4. The second-order valence-electron chi connectivity index (χ2n) is 3.24. The molecule has 0 bridgehead atoms. The summed E-state index contributed by atoms with van der Waals surface area (Å²) in [5.74, 6) is -0.454. The van der Waals surface area contributed by atoms with E-state index in [1.807, 2.05) is 0 Å². The third-order valence-corrected chi connectivity index (χ3v) is 3.34. The summed E-state index contributed by atoms with van der Waals surface area (Å²) in [7, 11) is -0.441. The molecule has 96 valence electrons. The van der Waals surface area contributed by atoms with E-state index >= 15 is 0 Å². The lowest BCUT2D eigenvalue weighted by Gasteiger charge is -2.05. The van der Waals surface area contributed by atoms with E-state index in [0.29, 0.717) is 19.6 Å². The van der Waals surface area contributed by atoms with Crippen LogP contribution in [0.5, 0.6) is 0 Å². The molecule has 0 saturated heterocycles. The van der Waals surface area contributed by atoms with Crippen molar-refractivity contribution in [2.75, 3.05) is 33.1 Å². The van der Waals surface area contributed by atoms with Gasteiger partial charge in [-0.15, -0.1) is 0 Å². The number of carbonyl (C=O) groups excluding carboxylic acids is 1. The van der Waals surface area contributed by atoms with Crippen LogP contribution >= 0.6 is 0 Å². The zero-order chi connectivity index (χ0) is 12.4. The van der Waals surface area contributed by atoms with Gasteiger partial charge in [-0.3, -0.25) is 4.79 Å². The molecule has 0 unspecified atom stereocenters. The quantitative estimate of drug-likeness (QED) is 0.458. The maximum atomic E-state index is 11.4. The van der Waals surface area contributed by atoms with Gasteiger partial charge < -0.3 is 9.47 Å². The first-order valence-electron chi connectivity index (χ1n) is 5.05. The summed E-state index contributed by atoms with van der Waals surface area (Å²) < 4.78 is 34.3. The number of hydrogen-bond acceptors (Lipinski definition) is 5. The number of hydrogen-bond donors (Lipinski definition) is 1. The Morgan fingerprint density at radius 3 is 2.50 bits per heavy atom. The second kappa shape index (κ2) is 8.49. The molecule has 0 atom stereocenters. The first-order chi connectivity index (χ1) is 7.52. The summed E-state index contributed by atoms with van der Waals surface area (Å²) in [4.78, 5) is 10.7. The lowest BCUT2D eigenvalue weighted by molar-refractivity contribution is -0.140. The van der Waals surface area contributed by atoms with Crippen LogP contribution in [0, 0.1) is 0 Å². The number of ether oxygens (including phenoxy) is 2. The number of carbonyl (C=O) groups is 1. The molecule has 1 N–H and O–H groups in total. The Morgan fingerprint density at radius 1 is 1.25 bits per heavy atom. The molecule has 0 aromatic carbocycles. The van der Waals surface area contributed by atoms with Crippen LogP contribution in [0.1, 0.15) is 19.3 Å². The number of esters is 1. The van der Waals surface area contributed by atoms with E-state index in [9.17, 15) is 13.2 Å². The fraction of sp³-hybridized carbons (Fsp3) is 0.889. The summed E-state index contributed by atoms with van der Waals surface area (Å²) in [6, 6.07) is 0. The highest BCUT2D eigenvalue weighted by atomic mass is 32.2. The Hall–Kier alpha value is -0.660.